The van der Waals surface area contributed by atoms with Crippen LogP contribution in [0.25, 0.3) is 0 Å². The first-order valence-electron chi connectivity index (χ1n) is 5.62. The number of hydrogen-bond acceptors (Lipinski definition) is 0. The van der Waals surface area contributed by atoms with Crippen LogP contribution in [0.1, 0.15) is 27.2 Å². The smallest absolute Gasteiger partial charge is 0.0108 e. The van der Waals surface area contributed by atoms with Gasteiger partial charge in [0.25, 0.3) is 0 Å². The van der Waals surface area contributed by atoms with Crippen molar-refractivity contribution in [3.8, 4) is 0 Å². The average Bonchev–Trinajstić information content (AvgIpc) is 2.85. The van der Waals surface area contributed by atoms with Crippen LogP contribution in [0.3, 0.4) is 0 Å². The molecule has 0 aliphatic heterocycles. The molecule has 0 heterocycles. The van der Waals surface area contributed by atoms with Gasteiger partial charge in [0.1, 0.15) is 0 Å². The van der Waals surface area contributed by atoms with Gasteiger partial charge in [-0.05, 0) is 52.3 Å². The van der Waals surface area contributed by atoms with E-state index in [-0.39, 0.29) is 0 Å². The quantitative estimate of drug-likeness (QED) is 0.511. The van der Waals surface area contributed by atoms with Crippen LogP contribution in [0.5, 0.6) is 0 Å². The molecular weight excluding hydrogens is 144 g/mol. The summed E-state index contributed by atoms with van der Waals surface area (Å²) in [5.41, 5.74) is 2.66. The second kappa shape index (κ2) is 0.952. The van der Waals surface area contributed by atoms with E-state index < -0.39 is 0 Å². The number of rotatable bonds is 0. The van der Waals surface area contributed by atoms with Crippen LogP contribution in [0.4, 0.5) is 0 Å². The van der Waals surface area contributed by atoms with Crippen LogP contribution >= 0.6 is 0 Å². The first-order chi connectivity index (χ1) is 5.62. The van der Waals surface area contributed by atoms with Crippen LogP contribution in [0.2, 0.25) is 0 Å². The van der Waals surface area contributed by atoms with Gasteiger partial charge in [-0.2, -0.15) is 0 Å². The maximum atomic E-state index is 2.56. The molecule has 5 aliphatic carbocycles. The van der Waals surface area contributed by atoms with E-state index in [1.54, 1.807) is 6.42 Å². The highest BCUT2D eigenvalue weighted by Gasteiger charge is 3.12. The highest BCUT2D eigenvalue weighted by Crippen LogP contribution is 3.15. The zero-order valence-corrected chi connectivity index (χ0v) is 8.09. The van der Waals surface area contributed by atoms with E-state index in [1.807, 2.05) is 0 Å². The first kappa shape index (κ1) is 5.67. The summed E-state index contributed by atoms with van der Waals surface area (Å²) in [7, 11) is 0. The van der Waals surface area contributed by atoms with Crippen LogP contribution < -0.4 is 0 Å². The Hall–Kier alpha value is 0. The van der Waals surface area contributed by atoms with Gasteiger partial charge in [-0.1, -0.05) is 20.8 Å². The summed E-state index contributed by atoms with van der Waals surface area (Å²) in [6.45, 7) is 7.65. The molecule has 2 spiro atoms. The molecule has 0 aromatic rings. The zero-order chi connectivity index (χ0) is 8.09. The molecular formula is C12H16. The van der Waals surface area contributed by atoms with Crippen molar-refractivity contribution in [1.82, 2.24) is 0 Å². The fourth-order valence-corrected chi connectivity index (χ4v) is 7.21. The van der Waals surface area contributed by atoms with Crippen LogP contribution in [-0.2, 0) is 0 Å². The molecule has 0 heteroatoms. The van der Waals surface area contributed by atoms with Crippen molar-refractivity contribution in [3.63, 3.8) is 0 Å². The fourth-order valence-electron chi connectivity index (χ4n) is 7.21. The van der Waals surface area contributed by atoms with Crippen LogP contribution in [0.15, 0.2) is 0 Å². The van der Waals surface area contributed by atoms with E-state index in [0.717, 1.165) is 22.2 Å². The molecule has 5 saturated carbocycles. The van der Waals surface area contributed by atoms with Gasteiger partial charge in [0, 0.05) is 0 Å². The Morgan fingerprint density at radius 3 is 2.50 bits per heavy atom. The maximum Gasteiger partial charge on any atom is -0.0108 e. The minimum Gasteiger partial charge on any atom is -0.0619 e. The van der Waals surface area contributed by atoms with E-state index in [4.69, 9.17) is 0 Å². The van der Waals surface area contributed by atoms with Crippen LogP contribution in [-0.4, -0.2) is 0 Å². The molecule has 5 rings (SSSR count). The second-order valence-corrected chi connectivity index (χ2v) is 6.76. The van der Waals surface area contributed by atoms with E-state index in [2.05, 4.69) is 20.8 Å². The summed E-state index contributed by atoms with van der Waals surface area (Å²) in [6, 6.07) is 0. The second-order valence-electron chi connectivity index (χ2n) is 6.76. The topological polar surface area (TPSA) is 0 Å². The van der Waals surface area contributed by atoms with E-state index in [9.17, 15) is 0 Å². The van der Waals surface area contributed by atoms with Crippen molar-refractivity contribution in [2.24, 2.45) is 45.8 Å². The first-order valence-corrected chi connectivity index (χ1v) is 5.62. The molecule has 12 heavy (non-hydrogen) atoms. The van der Waals surface area contributed by atoms with Gasteiger partial charge in [-0.15, -0.1) is 0 Å². The standard InChI is InChI=1S/C12H16/c1-5-7-6-4-11(6)10(2,3)12(11)8(5)9(7)12/h5-9H,4H2,1-3H3. The van der Waals surface area contributed by atoms with Crippen molar-refractivity contribution in [2.75, 3.05) is 0 Å². The Balaban J connectivity index is 1.83. The third-order valence-corrected chi connectivity index (χ3v) is 7.22. The predicted molar refractivity (Wildman–Crippen MR) is 46.4 cm³/mol. The molecule has 64 valence electrons. The van der Waals surface area contributed by atoms with Gasteiger partial charge in [0.2, 0.25) is 0 Å². The summed E-state index contributed by atoms with van der Waals surface area (Å²) < 4.78 is 0. The van der Waals surface area contributed by atoms with Crippen molar-refractivity contribution in [3.05, 3.63) is 0 Å². The average molecular weight is 160 g/mol. The summed E-state index contributed by atoms with van der Waals surface area (Å²) in [6.07, 6.45) is 1.63. The highest BCUT2D eigenvalue weighted by molar-refractivity contribution is 5.58. The molecule has 0 amide bonds. The normalized spacial score (nSPS) is 87.8. The Labute approximate surface area is 73.7 Å². The lowest BCUT2D eigenvalue weighted by atomic mass is 9.71. The zero-order valence-electron chi connectivity index (χ0n) is 8.09. The van der Waals surface area contributed by atoms with Gasteiger partial charge in [0.05, 0.1) is 0 Å². The van der Waals surface area contributed by atoms with Gasteiger partial charge in [-0.3, -0.25) is 0 Å². The fraction of sp³-hybridized carbons (Fsp3) is 1.00. The molecule has 0 aromatic heterocycles. The minimum atomic E-state index is 0.779. The van der Waals surface area contributed by atoms with Gasteiger partial charge >= 0.3 is 0 Å². The molecule has 5 fully saturated rings. The lowest BCUT2D eigenvalue weighted by molar-refractivity contribution is 0.134. The molecule has 0 N–H and O–H groups in total. The third-order valence-electron chi connectivity index (χ3n) is 7.22. The van der Waals surface area contributed by atoms with E-state index in [1.165, 1.54) is 23.7 Å². The molecule has 0 aromatic carbocycles. The van der Waals surface area contributed by atoms with E-state index >= 15 is 0 Å². The van der Waals surface area contributed by atoms with Crippen molar-refractivity contribution in [2.45, 2.75) is 27.2 Å². The molecule has 5 aliphatic rings. The minimum absolute atomic E-state index is 0.779. The Kier molecular flexibility index (Phi) is 0.450. The van der Waals surface area contributed by atoms with Gasteiger partial charge in [0.15, 0.2) is 0 Å². The van der Waals surface area contributed by atoms with Crippen molar-refractivity contribution < 1.29 is 0 Å². The molecule has 0 radical (unpaired) electrons. The highest BCUT2D eigenvalue weighted by atomic mass is 15.1. The van der Waals surface area contributed by atoms with E-state index in [0.29, 0.717) is 0 Å². The lowest BCUT2D eigenvalue weighted by Crippen LogP contribution is -2.30. The van der Waals surface area contributed by atoms with Crippen LogP contribution in [0, 0.1) is 45.8 Å². The Morgan fingerprint density at radius 1 is 1.17 bits per heavy atom. The molecule has 0 bridgehead atoms. The summed E-state index contributed by atoms with van der Waals surface area (Å²) in [4.78, 5) is 0. The Morgan fingerprint density at radius 2 is 1.92 bits per heavy atom. The maximum absolute atomic E-state index is 2.56. The Bertz CT molecular complexity index is 334. The van der Waals surface area contributed by atoms with Gasteiger partial charge in [-0.25, -0.2) is 0 Å². The molecule has 0 nitrogen and oxygen atoms in total. The largest absolute Gasteiger partial charge is 0.0619 e. The van der Waals surface area contributed by atoms with Gasteiger partial charge < -0.3 is 0 Å². The SMILES string of the molecule is CC1C2C3CC34C(C)(C)C43C1C23. The molecule has 7 unspecified atom stereocenters. The summed E-state index contributed by atoms with van der Waals surface area (Å²) >= 11 is 0. The predicted octanol–water partition coefficient (Wildman–Crippen LogP) is 2.54. The summed E-state index contributed by atoms with van der Waals surface area (Å²) in [5.74, 6) is 5.98. The summed E-state index contributed by atoms with van der Waals surface area (Å²) in [5, 5.41) is 0. The van der Waals surface area contributed by atoms with Crippen molar-refractivity contribution in [1.29, 1.82) is 0 Å². The van der Waals surface area contributed by atoms with Crippen molar-refractivity contribution >= 4 is 0 Å². The lowest BCUT2D eigenvalue weighted by Gasteiger charge is -2.34. The monoisotopic (exact) mass is 160 g/mol. The number of fused-ring (bicyclic) bond motifs is 1. The third kappa shape index (κ3) is 0.198. The number of hydrogen-bond donors (Lipinski definition) is 0. The molecule has 7 atom stereocenters. The molecule has 0 saturated heterocycles.